The number of hydrogen-bond donors (Lipinski definition) is 1. The third kappa shape index (κ3) is 5.14. The number of carbonyl (C=O) groups is 2. The Labute approximate surface area is 204 Å². The Bertz CT molecular complexity index is 1360. The van der Waals surface area contributed by atoms with Gasteiger partial charge in [0.15, 0.2) is 6.10 Å². The van der Waals surface area contributed by atoms with Crippen molar-refractivity contribution < 1.29 is 27.5 Å². The highest BCUT2D eigenvalue weighted by molar-refractivity contribution is 7.92. The molecular weight excluding hydrogens is 468 g/mol. The molecule has 0 aromatic heterocycles. The predicted molar refractivity (Wildman–Crippen MR) is 132 cm³/mol. The maximum atomic E-state index is 13.3. The Balaban J connectivity index is 1.47. The molecule has 35 heavy (non-hydrogen) atoms. The molecule has 0 saturated carbocycles. The summed E-state index contributed by atoms with van der Waals surface area (Å²) >= 11 is 0. The molecule has 1 unspecified atom stereocenters. The minimum Gasteiger partial charge on any atom is -0.492 e. The standard InChI is InChI=1S/C26H26N2O6S/c1-3-33-24-14-7-5-12-22(24)27-25(29)18(2)34-26(30)20-10-8-11-21(17-20)35(31,32)28-16-15-19-9-4-6-13-23(19)28/h4-14,17-18H,3,15-16H2,1-2H3,(H,27,29). The second-order valence-corrected chi connectivity index (χ2v) is 9.81. The molecule has 8 nitrogen and oxygen atoms in total. The highest BCUT2D eigenvalue weighted by Gasteiger charge is 2.31. The van der Waals surface area contributed by atoms with Crippen LogP contribution in [0.15, 0.2) is 77.7 Å². The van der Waals surface area contributed by atoms with Gasteiger partial charge in [-0.3, -0.25) is 9.10 Å². The van der Waals surface area contributed by atoms with E-state index in [9.17, 15) is 18.0 Å². The summed E-state index contributed by atoms with van der Waals surface area (Å²) in [5.41, 5.74) is 2.09. The number of carbonyl (C=O) groups excluding carboxylic acids is 2. The summed E-state index contributed by atoms with van der Waals surface area (Å²) in [6.07, 6.45) is -0.501. The molecule has 9 heteroatoms. The molecule has 0 saturated heterocycles. The Morgan fingerprint density at radius 2 is 1.77 bits per heavy atom. The van der Waals surface area contributed by atoms with Crippen LogP contribution in [-0.4, -0.2) is 39.5 Å². The number of nitrogens with zero attached hydrogens (tertiary/aromatic N) is 1. The molecule has 0 aliphatic carbocycles. The van der Waals surface area contributed by atoms with Gasteiger partial charge < -0.3 is 14.8 Å². The van der Waals surface area contributed by atoms with Gasteiger partial charge in [0.1, 0.15) is 5.75 Å². The molecular formula is C26H26N2O6S. The summed E-state index contributed by atoms with van der Waals surface area (Å²) in [5, 5.41) is 2.69. The summed E-state index contributed by atoms with van der Waals surface area (Å²) in [6.45, 7) is 4.04. The van der Waals surface area contributed by atoms with E-state index in [1.807, 2.05) is 19.1 Å². The summed E-state index contributed by atoms with van der Waals surface area (Å²) in [4.78, 5) is 25.3. The maximum Gasteiger partial charge on any atom is 0.338 e. The van der Waals surface area contributed by atoms with Crippen molar-refractivity contribution in [3.63, 3.8) is 0 Å². The van der Waals surface area contributed by atoms with Gasteiger partial charge in [0.2, 0.25) is 0 Å². The van der Waals surface area contributed by atoms with Gasteiger partial charge in [-0.1, -0.05) is 36.4 Å². The Kier molecular flexibility index (Phi) is 7.07. The Hall–Kier alpha value is -3.85. The van der Waals surface area contributed by atoms with E-state index < -0.39 is 28.0 Å². The minimum atomic E-state index is -3.87. The van der Waals surface area contributed by atoms with Crippen molar-refractivity contribution in [2.75, 3.05) is 22.8 Å². The molecule has 1 heterocycles. The van der Waals surface area contributed by atoms with Gasteiger partial charge in [-0.2, -0.15) is 0 Å². The summed E-state index contributed by atoms with van der Waals surface area (Å²) in [6, 6.07) is 19.9. The van der Waals surface area contributed by atoms with E-state index in [1.54, 1.807) is 36.4 Å². The van der Waals surface area contributed by atoms with E-state index in [4.69, 9.17) is 9.47 Å². The molecule has 0 fully saturated rings. The molecule has 1 amide bonds. The van der Waals surface area contributed by atoms with Crippen LogP contribution >= 0.6 is 0 Å². The quantitative estimate of drug-likeness (QED) is 0.475. The van der Waals surface area contributed by atoms with E-state index in [0.717, 1.165) is 5.56 Å². The summed E-state index contributed by atoms with van der Waals surface area (Å²) < 4.78 is 38.7. The molecule has 182 valence electrons. The van der Waals surface area contributed by atoms with E-state index >= 15 is 0 Å². The zero-order chi connectivity index (χ0) is 25.0. The first-order valence-electron chi connectivity index (χ1n) is 11.3. The number of anilines is 2. The number of esters is 1. The lowest BCUT2D eigenvalue weighted by Gasteiger charge is -2.20. The smallest absolute Gasteiger partial charge is 0.338 e. The maximum absolute atomic E-state index is 13.3. The van der Waals surface area contributed by atoms with Gasteiger partial charge in [0, 0.05) is 6.54 Å². The number of nitrogens with one attached hydrogen (secondary N) is 1. The fourth-order valence-electron chi connectivity index (χ4n) is 3.84. The van der Waals surface area contributed by atoms with Gasteiger partial charge in [-0.25, -0.2) is 13.2 Å². The normalized spacial score (nSPS) is 13.6. The lowest BCUT2D eigenvalue weighted by molar-refractivity contribution is -0.123. The van der Waals surface area contributed by atoms with Gasteiger partial charge >= 0.3 is 5.97 Å². The Morgan fingerprint density at radius 3 is 2.57 bits per heavy atom. The fourth-order valence-corrected chi connectivity index (χ4v) is 5.39. The minimum absolute atomic E-state index is 0.0219. The number of amides is 1. The fraction of sp³-hybridized carbons (Fsp3) is 0.231. The zero-order valence-electron chi connectivity index (χ0n) is 19.4. The van der Waals surface area contributed by atoms with Crippen LogP contribution < -0.4 is 14.4 Å². The monoisotopic (exact) mass is 494 g/mol. The van der Waals surface area contributed by atoms with E-state index in [2.05, 4.69) is 5.32 Å². The largest absolute Gasteiger partial charge is 0.492 e. The van der Waals surface area contributed by atoms with Gasteiger partial charge in [-0.15, -0.1) is 0 Å². The highest BCUT2D eigenvalue weighted by Crippen LogP contribution is 2.33. The van der Waals surface area contributed by atoms with Crippen molar-refractivity contribution in [2.45, 2.75) is 31.3 Å². The SMILES string of the molecule is CCOc1ccccc1NC(=O)C(C)OC(=O)c1cccc(S(=O)(=O)N2CCc3ccccc32)c1. The average Bonchev–Trinajstić information content (AvgIpc) is 3.30. The number of ether oxygens (including phenoxy) is 2. The zero-order valence-corrected chi connectivity index (χ0v) is 20.2. The number of fused-ring (bicyclic) bond motifs is 1. The lowest BCUT2D eigenvalue weighted by atomic mass is 10.2. The third-order valence-electron chi connectivity index (χ3n) is 5.60. The molecule has 0 radical (unpaired) electrons. The molecule has 0 spiro atoms. The van der Waals surface area contributed by atoms with E-state index in [1.165, 1.54) is 35.5 Å². The van der Waals surface area contributed by atoms with Crippen LogP contribution in [0.3, 0.4) is 0 Å². The van der Waals surface area contributed by atoms with E-state index in [-0.39, 0.29) is 10.5 Å². The van der Waals surface area contributed by atoms with E-state index in [0.29, 0.717) is 36.7 Å². The molecule has 3 aromatic carbocycles. The van der Waals surface area contributed by atoms with Crippen LogP contribution in [0.4, 0.5) is 11.4 Å². The average molecular weight is 495 g/mol. The second-order valence-electron chi connectivity index (χ2n) is 7.95. The van der Waals surface area contributed by atoms with Crippen molar-refractivity contribution in [3.05, 3.63) is 83.9 Å². The lowest BCUT2D eigenvalue weighted by Crippen LogP contribution is -2.31. The van der Waals surface area contributed by atoms with Crippen molar-refractivity contribution in [3.8, 4) is 5.75 Å². The molecule has 4 rings (SSSR count). The molecule has 1 aliphatic heterocycles. The molecule has 1 aliphatic rings. The highest BCUT2D eigenvalue weighted by atomic mass is 32.2. The first-order valence-corrected chi connectivity index (χ1v) is 12.7. The predicted octanol–water partition coefficient (Wildman–Crippen LogP) is 4.02. The third-order valence-corrected chi connectivity index (χ3v) is 7.41. The number of sulfonamides is 1. The van der Waals surface area contributed by atoms with Crippen molar-refractivity contribution in [1.29, 1.82) is 0 Å². The van der Waals surface area contributed by atoms with Crippen molar-refractivity contribution in [1.82, 2.24) is 0 Å². The summed E-state index contributed by atoms with van der Waals surface area (Å²) in [7, 11) is -3.87. The van der Waals surface area contributed by atoms with Crippen molar-refractivity contribution >= 4 is 33.3 Å². The van der Waals surface area contributed by atoms with Crippen LogP contribution in [0.2, 0.25) is 0 Å². The van der Waals surface area contributed by atoms with Crippen LogP contribution in [0, 0.1) is 0 Å². The molecule has 1 atom stereocenters. The molecule has 1 N–H and O–H groups in total. The number of benzene rings is 3. The number of hydrogen-bond acceptors (Lipinski definition) is 6. The topological polar surface area (TPSA) is 102 Å². The van der Waals surface area contributed by atoms with Crippen LogP contribution in [0.1, 0.15) is 29.8 Å². The summed E-state index contributed by atoms with van der Waals surface area (Å²) in [5.74, 6) is -0.837. The molecule has 3 aromatic rings. The second kappa shape index (κ2) is 10.2. The van der Waals surface area contributed by atoms with Gasteiger partial charge in [-0.05, 0) is 62.2 Å². The number of rotatable bonds is 8. The van der Waals surface area contributed by atoms with Crippen LogP contribution in [-0.2, 0) is 26.0 Å². The van der Waals surface area contributed by atoms with Crippen molar-refractivity contribution in [2.24, 2.45) is 0 Å². The first kappa shape index (κ1) is 24.3. The van der Waals surface area contributed by atoms with Crippen LogP contribution in [0.25, 0.3) is 0 Å². The molecule has 0 bridgehead atoms. The first-order chi connectivity index (χ1) is 16.8. The van der Waals surface area contributed by atoms with Crippen LogP contribution in [0.5, 0.6) is 5.75 Å². The Morgan fingerprint density at radius 1 is 1.03 bits per heavy atom. The van der Waals surface area contributed by atoms with Gasteiger partial charge in [0.25, 0.3) is 15.9 Å². The van der Waals surface area contributed by atoms with Gasteiger partial charge in [0.05, 0.1) is 28.4 Å². The number of para-hydroxylation sites is 3.